The molecule has 16 aromatic rings. The zero-order valence-corrected chi connectivity index (χ0v) is 36.7. The fraction of sp³-hybridized carbons (Fsp3) is 0. The molecule has 0 aliphatic heterocycles. The summed E-state index contributed by atoms with van der Waals surface area (Å²) in [5, 5.41) is 0. The van der Waals surface area contributed by atoms with Gasteiger partial charge >= 0.3 is 0 Å². The van der Waals surface area contributed by atoms with Crippen LogP contribution in [-0.4, -0.2) is 59.8 Å². The summed E-state index contributed by atoms with van der Waals surface area (Å²) >= 11 is 0. The Morgan fingerprint density at radius 1 is 0.181 bits per heavy atom. The molecule has 336 valence electrons. The number of hydrogen-bond donors (Lipinski definition) is 0. The molecule has 0 amide bonds. The molecule has 16 rings (SSSR count). The molecule has 0 saturated heterocycles. The van der Waals surface area contributed by atoms with Crippen LogP contribution >= 0.6 is 0 Å². The third-order valence-corrected chi connectivity index (χ3v) is 12.3. The van der Waals surface area contributed by atoms with Gasteiger partial charge in [-0.25, -0.2) is 59.8 Å². The number of oxazole rings is 6. The van der Waals surface area contributed by atoms with Gasteiger partial charge in [0.2, 0.25) is 35.3 Å². The summed E-state index contributed by atoms with van der Waals surface area (Å²) in [5.74, 6) is 0.894. The van der Waals surface area contributed by atoms with Gasteiger partial charge in [0.1, 0.15) is 66.2 Å². The summed E-state index contributed by atoms with van der Waals surface area (Å²) in [4.78, 5) is 61.6. The highest BCUT2D eigenvalue weighted by Gasteiger charge is 2.32. The Bertz CT molecular complexity index is 3910. The first-order valence-electron chi connectivity index (χ1n) is 22.5. The van der Waals surface area contributed by atoms with E-state index in [2.05, 4.69) is 0 Å². The Morgan fingerprint density at radius 3 is 0.486 bits per heavy atom. The maximum Gasteiger partial charge on any atom is 0.248 e. The van der Waals surface area contributed by atoms with Crippen LogP contribution in [0.3, 0.4) is 0 Å². The SMILES string of the molecule is c1ccc2oc(-c3nc4c5nc(-c6nc7ccccc7o6)c(-c6nc7ccccc7o6)nc5c5nc(-c6nc7ccccc7o6)c(-c6nc7ccccc7o6)nc5c4nc3-c3nc4ccccc4o3)nc2c1. The third kappa shape index (κ3) is 5.76. The van der Waals surface area contributed by atoms with Crippen LogP contribution in [0.1, 0.15) is 0 Å². The number of aromatic nitrogens is 12. The second-order valence-corrected chi connectivity index (χ2v) is 16.8. The van der Waals surface area contributed by atoms with E-state index in [1.165, 1.54) is 0 Å². The molecular weight excluding hydrogens is 913 g/mol. The van der Waals surface area contributed by atoms with Gasteiger partial charge in [0, 0.05) is 0 Å². The molecule has 0 fully saturated rings. The van der Waals surface area contributed by atoms with Crippen LogP contribution in [0.15, 0.2) is 172 Å². The predicted molar refractivity (Wildman–Crippen MR) is 264 cm³/mol. The van der Waals surface area contributed by atoms with Crippen LogP contribution < -0.4 is 0 Å². The molecule has 9 heterocycles. The first-order chi connectivity index (χ1) is 35.6. The molecule has 0 bridgehead atoms. The van der Waals surface area contributed by atoms with Crippen LogP contribution in [0, 0.1) is 0 Å². The highest BCUT2D eigenvalue weighted by Crippen LogP contribution is 2.43. The van der Waals surface area contributed by atoms with E-state index in [-0.39, 0.29) is 103 Å². The zero-order valence-electron chi connectivity index (χ0n) is 36.7. The Kier molecular flexibility index (Phi) is 7.70. The maximum atomic E-state index is 6.44. The molecule has 18 nitrogen and oxygen atoms in total. The summed E-state index contributed by atoms with van der Waals surface area (Å²) in [5.41, 5.74) is 9.40. The lowest BCUT2D eigenvalue weighted by Gasteiger charge is -2.13. The van der Waals surface area contributed by atoms with Crippen molar-refractivity contribution in [3.63, 3.8) is 0 Å². The first kappa shape index (κ1) is 38.4. The molecular formula is C54H24N12O6. The predicted octanol–water partition coefficient (Wildman–Crippen LogP) is 12.4. The number of rotatable bonds is 6. The van der Waals surface area contributed by atoms with Crippen molar-refractivity contribution in [1.29, 1.82) is 0 Å². The van der Waals surface area contributed by atoms with Crippen LogP contribution in [0.2, 0.25) is 0 Å². The van der Waals surface area contributed by atoms with Crippen molar-refractivity contribution in [2.75, 3.05) is 0 Å². The molecule has 0 aliphatic carbocycles. The van der Waals surface area contributed by atoms with E-state index in [0.29, 0.717) is 66.6 Å². The largest absolute Gasteiger partial charge is 0.435 e. The summed E-state index contributed by atoms with van der Waals surface area (Å²) in [6, 6.07) is 44.5. The third-order valence-electron chi connectivity index (χ3n) is 12.3. The van der Waals surface area contributed by atoms with E-state index in [1.807, 2.05) is 146 Å². The van der Waals surface area contributed by atoms with Gasteiger partial charge < -0.3 is 26.5 Å². The fourth-order valence-corrected chi connectivity index (χ4v) is 9.03. The average molecular weight is 937 g/mol. The summed E-state index contributed by atoms with van der Waals surface area (Å²) < 4.78 is 38.6. The molecule has 9 aromatic heterocycles. The van der Waals surface area contributed by atoms with Crippen molar-refractivity contribution in [1.82, 2.24) is 59.8 Å². The highest BCUT2D eigenvalue weighted by atomic mass is 16.4. The van der Waals surface area contributed by atoms with Crippen molar-refractivity contribution in [3.8, 4) is 69.5 Å². The van der Waals surface area contributed by atoms with Crippen molar-refractivity contribution < 1.29 is 26.5 Å². The molecule has 18 heteroatoms. The summed E-state index contributed by atoms with van der Waals surface area (Å²) in [7, 11) is 0. The van der Waals surface area contributed by atoms with Crippen molar-refractivity contribution in [2.45, 2.75) is 0 Å². The van der Waals surface area contributed by atoms with E-state index >= 15 is 0 Å². The van der Waals surface area contributed by atoms with E-state index in [4.69, 9.17) is 86.3 Å². The molecule has 7 aromatic carbocycles. The van der Waals surface area contributed by atoms with Gasteiger partial charge in [-0.05, 0) is 72.8 Å². The lowest BCUT2D eigenvalue weighted by atomic mass is 10.1. The van der Waals surface area contributed by atoms with Crippen LogP contribution in [-0.2, 0) is 0 Å². The van der Waals surface area contributed by atoms with Gasteiger partial charge in [0.05, 0.1) is 0 Å². The first-order valence-corrected chi connectivity index (χ1v) is 22.5. The lowest BCUT2D eigenvalue weighted by Crippen LogP contribution is -2.05. The van der Waals surface area contributed by atoms with Crippen molar-refractivity contribution >= 4 is 99.7 Å². The Hall–Kier alpha value is -10.6. The van der Waals surface area contributed by atoms with E-state index in [9.17, 15) is 0 Å². The van der Waals surface area contributed by atoms with E-state index in [1.54, 1.807) is 0 Å². The van der Waals surface area contributed by atoms with E-state index in [0.717, 1.165) is 0 Å². The van der Waals surface area contributed by atoms with Gasteiger partial charge in [-0.15, -0.1) is 0 Å². The minimum atomic E-state index is 0.149. The Morgan fingerprint density at radius 2 is 0.333 bits per heavy atom. The van der Waals surface area contributed by atoms with Gasteiger partial charge in [-0.1, -0.05) is 72.8 Å². The number of benzene rings is 7. The summed E-state index contributed by atoms with van der Waals surface area (Å²) in [6.45, 7) is 0. The van der Waals surface area contributed by atoms with Gasteiger partial charge in [0.15, 0.2) is 67.7 Å². The zero-order chi connectivity index (χ0) is 47.0. The van der Waals surface area contributed by atoms with Crippen molar-refractivity contribution in [2.24, 2.45) is 0 Å². The van der Waals surface area contributed by atoms with Gasteiger partial charge in [-0.3, -0.25) is 0 Å². The van der Waals surface area contributed by atoms with Crippen molar-refractivity contribution in [3.05, 3.63) is 146 Å². The average Bonchev–Trinajstić information content (AvgIpc) is 4.30. The summed E-state index contributed by atoms with van der Waals surface area (Å²) in [6.07, 6.45) is 0. The standard InChI is InChI=1S/C54H24N12O6/c1-7-19-31-25(13-1)55-49(67-31)43-44(50-56-26-14-2-8-20-32(26)68-50)62-38-37(61-43)39-41(65-46(52-58-28-16-4-10-22-34(28)70-52)45(63-39)51-57-27-15-3-9-21-33(27)69-51)42-40(38)64-47(53-59-29-17-5-11-23-35(29)71-53)48(66-42)54-60-30-18-6-12-24-36(30)72-54/h1-24H. The Labute approximate surface area is 399 Å². The highest BCUT2D eigenvalue weighted by molar-refractivity contribution is 6.20. The molecule has 0 saturated carbocycles. The molecule has 0 aliphatic rings. The number of fused-ring (bicyclic) bond motifs is 12. The second-order valence-electron chi connectivity index (χ2n) is 16.8. The van der Waals surface area contributed by atoms with Gasteiger partial charge in [-0.2, -0.15) is 0 Å². The molecule has 0 unspecified atom stereocenters. The monoisotopic (exact) mass is 936 g/mol. The number of para-hydroxylation sites is 12. The number of hydrogen-bond acceptors (Lipinski definition) is 18. The molecule has 0 radical (unpaired) electrons. The van der Waals surface area contributed by atoms with Gasteiger partial charge in [0.25, 0.3) is 0 Å². The normalized spacial score (nSPS) is 12.2. The topological polar surface area (TPSA) is 234 Å². The van der Waals surface area contributed by atoms with Crippen LogP contribution in [0.4, 0.5) is 0 Å². The Balaban J connectivity index is 1.09. The van der Waals surface area contributed by atoms with E-state index < -0.39 is 0 Å². The number of nitrogens with zero attached hydrogens (tertiary/aromatic N) is 12. The molecule has 0 N–H and O–H groups in total. The minimum absolute atomic E-state index is 0.149. The lowest BCUT2D eigenvalue weighted by molar-refractivity contribution is 0.606. The second kappa shape index (κ2) is 14.5. The van der Waals surface area contributed by atoms with Crippen LogP contribution in [0.25, 0.3) is 169 Å². The molecule has 0 atom stereocenters. The maximum absolute atomic E-state index is 6.44. The smallest absolute Gasteiger partial charge is 0.248 e. The van der Waals surface area contributed by atoms with Crippen LogP contribution in [0.5, 0.6) is 0 Å². The quantitative estimate of drug-likeness (QED) is 0.141. The molecule has 72 heavy (non-hydrogen) atoms. The molecule has 0 spiro atoms. The minimum Gasteiger partial charge on any atom is -0.435 e. The fourth-order valence-electron chi connectivity index (χ4n) is 9.03.